The molecule has 25 heavy (non-hydrogen) atoms. The standard InChI is InChI=1S/C18H37N5O2/c1-13(2)12-23-9-4-5-15(23)18-21-17(22-25-18)14-6-7-19-16(11-14)20-8-10-24-3/h13-22H,4-12H2,1-3H3/t14?,15-,16?,17?,18?/m0/s1. The molecule has 0 aromatic carbocycles. The molecule has 0 aromatic heterocycles. The number of methoxy groups -OCH3 is 1. The Morgan fingerprint density at radius 3 is 3.00 bits per heavy atom. The molecule has 0 amide bonds. The van der Waals surface area contributed by atoms with Crippen LogP contribution >= 0.6 is 0 Å². The van der Waals surface area contributed by atoms with Crippen LogP contribution in [0, 0.1) is 11.8 Å². The van der Waals surface area contributed by atoms with Crippen LogP contribution in [0.4, 0.5) is 0 Å². The number of nitrogens with one attached hydrogen (secondary N) is 4. The predicted octanol–water partition coefficient (Wildman–Crippen LogP) is 0.445. The summed E-state index contributed by atoms with van der Waals surface area (Å²) in [5.74, 6) is 1.28. The zero-order valence-electron chi connectivity index (χ0n) is 16.1. The molecule has 0 spiro atoms. The van der Waals surface area contributed by atoms with Crippen LogP contribution in [0.5, 0.6) is 0 Å². The number of likely N-dealkylation sites (tertiary alicyclic amines) is 1. The van der Waals surface area contributed by atoms with Crippen LogP contribution < -0.4 is 21.4 Å². The third-order valence-corrected chi connectivity index (χ3v) is 5.64. The summed E-state index contributed by atoms with van der Waals surface area (Å²) in [5.41, 5.74) is 3.30. The van der Waals surface area contributed by atoms with Gasteiger partial charge in [0.15, 0.2) is 0 Å². The number of hydrogen-bond donors (Lipinski definition) is 4. The van der Waals surface area contributed by atoms with Gasteiger partial charge in [0.2, 0.25) is 0 Å². The minimum absolute atomic E-state index is 0.112. The van der Waals surface area contributed by atoms with Crippen molar-refractivity contribution in [3.05, 3.63) is 0 Å². The van der Waals surface area contributed by atoms with Gasteiger partial charge in [0.1, 0.15) is 6.23 Å². The van der Waals surface area contributed by atoms with Crippen molar-refractivity contribution in [1.29, 1.82) is 0 Å². The quantitative estimate of drug-likeness (QED) is 0.471. The molecule has 3 aliphatic heterocycles. The van der Waals surface area contributed by atoms with Crippen LogP contribution in [0.25, 0.3) is 0 Å². The average molecular weight is 356 g/mol. The largest absolute Gasteiger partial charge is 0.383 e. The van der Waals surface area contributed by atoms with E-state index >= 15 is 0 Å². The zero-order valence-corrected chi connectivity index (χ0v) is 16.1. The first-order valence-corrected chi connectivity index (χ1v) is 10.0. The molecule has 0 bridgehead atoms. The number of hydrogen-bond acceptors (Lipinski definition) is 7. The lowest BCUT2D eigenvalue weighted by Gasteiger charge is -2.34. The SMILES string of the molecule is COCCNC1CC(C2NOC([C@@H]3CCCN3CC(C)C)N2)CCN1. The Morgan fingerprint density at radius 1 is 1.32 bits per heavy atom. The first-order valence-electron chi connectivity index (χ1n) is 10.0. The first-order chi connectivity index (χ1) is 12.2. The topological polar surface area (TPSA) is 69.8 Å². The van der Waals surface area contributed by atoms with Gasteiger partial charge >= 0.3 is 0 Å². The maximum absolute atomic E-state index is 5.98. The van der Waals surface area contributed by atoms with Crippen molar-refractivity contribution in [3.8, 4) is 0 Å². The van der Waals surface area contributed by atoms with Crippen molar-refractivity contribution < 1.29 is 9.57 Å². The highest BCUT2D eigenvalue weighted by molar-refractivity contribution is 4.91. The van der Waals surface area contributed by atoms with Crippen molar-refractivity contribution in [1.82, 2.24) is 26.3 Å². The van der Waals surface area contributed by atoms with Crippen molar-refractivity contribution in [2.75, 3.05) is 39.9 Å². The summed E-state index contributed by atoms with van der Waals surface area (Å²) in [6.45, 7) is 9.64. The molecule has 7 heteroatoms. The molecular formula is C18H37N5O2. The molecule has 4 unspecified atom stereocenters. The van der Waals surface area contributed by atoms with Crippen LogP contribution in [-0.4, -0.2) is 69.4 Å². The minimum Gasteiger partial charge on any atom is -0.383 e. The highest BCUT2D eigenvalue weighted by Crippen LogP contribution is 2.26. The molecule has 4 N–H and O–H groups in total. The molecule has 3 fully saturated rings. The number of nitrogens with zero attached hydrogens (tertiary/aromatic N) is 1. The Hall–Kier alpha value is -0.280. The second kappa shape index (κ2) is 9.60. The third-order valence-electron chi connectivity index (χ3n) is 5.64. The lowest BCUT2D eigenvalue weighted by atomic mass is 9.92. The normalized spacial score (nSPS) is 37.2. The van der Waals surface area contributed by atoms with Crippen LogP contribution in [0.3, 0.4) is 0 Å². The summed E-state index contributed by atoms with van der Waals surface area (Å²) in [5, 5.41) is 10.8. The Kier molecular flexibility index (Phi) is 7.48. The van der Waals surface area contributed by atoms with E-state index in [0.717, 1.165) is 32.7 Å². The molecule has 146 valence electrons. The Balaban J connectivity index is 1.47. The monoisotopic (exact) mass is 355 g/mol. The lowest BCUT2D eigenvalue weighted by molar-refractivity contribution is -0.0256. The van der Waals surface area contributed by atoms with Gasteiger partial charge < -0.3 is 10.1 Å². The average Bonchev–Trinajstić information content (AvgIpc) is 3.24. The van der Waals surface area contributed by atoms with Gasteiger partial charge in [0, 0.05) is 20.2 Å². The Labute approximate surface area is 152 Å². The number of hydroxylamine groups is 1. The summed E-state index contributed by atoms with van der Waals surface area (Å²) >= 11 is 0. The van der Waals surface area contributed by atoms with E-state index in [4.69, 9.17) is 9.57 Å². The molecule has 5 atom stereocenters. The Morgan fingerprint density at radius 2 is 2.20 bits per heavy atom. The van der Waals surface area contributed by atoms with Crippen molar-refractivity contribution in [2.45, 2.75) is 64.1 Å². The van der Waals surface area contributed by atoms with E-state index in [0.29, 0.717) is 24.0 Å². The molecule has 3 heterocycles. The van der Waals surface area contributed by atoms with Gasteiger partial charge in [-0.2, -0.15) is 5.48 Å². The van der Waals surface area contributed by atoms with Gasteiger partial charge in [-0.15, -0.1) is 0 Å². The maximum atomic E-state index is 5.98. The first kappa shape index (κ1) is 19.5. The van der Waals surface area contributed by atoms with Gasteiger partial charge in [-0.05, 0) is 50.6 Å². The molecule has 0 saturated carbocycles. The van der Waals surface area contributed by atoms with Gasteiger partial charge in [-0.1, -0.05) is 13.8 Å². The second-order valence-electron chi connectivity index (χ2n) is 8.14. The predicted molar refractivity (Wildman–Crippen MR) is 98.8 cm³/mol. The fraction of sp³-hybridized carbons (Fsp3) is 1.00. The highest BCUT2D eigenvalue weighted by atomic mass is 16.7. The van der Waals surface area contributed by atoms with E-state index in [-0.39, 0.29) is 12.4 Å². The molecule has 0 aliphatic carbocycles. The summed E-state index contributed by atoms with van der Waals surface area (Å²) < 4.78 is 5.13. The van der Waals surface area contributed by atoms with Crippen molar-refractivity contribution >= 4 is 0 Å². The fourth-order valence-corrected chi connectivity index (χ4v) is 4.44. The van der Waals surface area contributed by atoms with Crippen LogP contribution in [-0.2, 0) is 9.57 Å². The van der Waals surface area contributed by atoms with E-state index in [2.05, 4.69) is 40.2 Å². The maximum Gasteiger partial charge on any atom is 0.146 e. The number of rotatable bonds is 8. The minimum atomic E-state index is 0.112. The molecule has 7 nitrogen and oxygen atoms in total. The number of piperidine rings is 1. The molecule has 3 aliphatic rings. The molecule has 0 aromatic rings. The van der Waals surface area contributed by atoms with E-state index < -0.39 is 0 Å². The third kappa shape index (κ3) is 5.35. The smallest absolute Gasteiger partial charge is 0.146 e. The van der Waals surface area contributed by atoms with E-state index in [1.807, 2.05) is 0 Å². The van der Waals surface area contributed by atoms with Gasteiger partial charge in [-0.3, -0.25) is 20.4 Å². The summed E-state index contributed by atoms with van der Waals surface area (Å²) in [7, 11) is 1.74. The molecule has 0 radical (unpaired) electrons. The molecular weight excluding hydrogens is 318 g/mol. The van der Waals surface area contributed by atoms with Crippen LogP contribution in [0.15, 0.2) is 0 Å². The summed E-state index contributed by atoms with van der Waals surface area (Å²) in [4.78, 5) is 8.59. The highest BCUT2D eigenvalue weighted by Gasteiger charge is 2.40. The van der Waals surface area contributed by atoms with Crippen LogP contribution in [0.1, 0.15) is 39.5 Å². The summed E-state index contributed by atoms with van der Waals surface area (Å²) in [6.07, 6.45) is 5.50. The Bertz CT molecular complexity index is 398. The van der Waals surface area contributed by atoms with Gasteiger partial charge in [0.05, 0.1) is 25.0 Å². The van der Waals surface area contributed by atoms with E-state index in [1.54, 1.807) is 7.11 Å². The molecule has 3 saturated heterocycles. The van der Waals surface area contributed by atoms with Gasteiger partial charge in [0.25, 0.3) is 0 Å². The lowest BCUT2D eigenvalue weighted by Crippen LogP contribution is -2.54. The van der Waals surface area contributed by atoms with E-state index in [9.17, 15) is 0 Å². The molecule has 3 rings (SSSR count). The zero-order chi connectivity index (χ0) is 17.6. The van der Waals surface area contributed by atoms with E-state index in [1.165, 1.54) is 25.8 Å². The van der Waals surface area contributed by atoms with Crippen LogP contribution in [0.2, 0.25) is 0 Å². The van der Waals surface area contributed by atoms with Crippen molar-refractivity contribution in [3.63, 3.8) is 0 Å². The van der Waals surface area contributed by atoms with Crippen molar-refractivity contribution in [2.24, 2.45) is 11.8 Å². The fourth-order valence-electron chi connectivity index (χ4n) is 4.44. The summed E-state index contributed by atoms with van der Waals surface area (Å²) in [6, 6.07) is 0.497. The second-order valence-corrected chi connectivity index (χ2v) is 8.14. The van der Waals surface area contributed by atoms with Gasteiger partial charge in [-0.25, -0.2) is 0 Å². The number of ether oxygens (including phenoxy) is 1.